The Morgan fingerprint density at radius 1 is 1.33 bits per heavy atom. The van der Waals surface area contributed by atoms with Crippen LogP contribution in [0.2, 0.25) is 5.02 Å². The molecule has 1 atom stereocenters. The van der Waals surface area contributed by atoms with Crippen LogP contribution in [0.3, 0.4) is 0 Å². The lowest BCUT2D eigenvalue weighted by Crippen LogP contribution is -2.09. The molecule has 0 heterocycles. The van der Waals surface area contributed by atoms with Crippen molar-refractivity contribution in [3.05, 3.63) is 34.9 Å². The van der Waals surface area contributed by atoms with E-state index in [1.807, 2.05) is 0 Å². The van der Waals surface area contributed by atoms with Gasteiger partial charge >= 0.3 is 0 Å². The van der Waals surface area contributed by atoms with Crippen LogP contribution in [0.25, 0.3) is 0 Å². The van der Waals surface area contributed by atoms with Crippen molar-refractivity contribution >= 4 is 11.6 Å². The summed E-state index contributed by atoms with van der Waals surface area (Å²) in [6, 6.07) is 6.93. The summed E-state index contributed by atoms with van der Waals surface area (Å²) in [5.74, 6) is 0. The van der Waals surface area contributed by atoms with Gasteiger partial charge in [-0.15, -0.1) is 0 Å². The normalized spacial score (nSPS) is 12.9. The molecule has 1 unspecified atom stereocenters. The van der Waals surface area contributed by atoms with Gasteiger partial charge in [-0.1, -0.05) is 23.7 Å². The van der Waals surface area contributed by atoms with E-state index in [0.717, 1.165) is 5.56 Å². The molecule has 1 nitrogen and oxygen atoms in total. The minimum Gasteiger partial charge on any atom is -0.393 e. The lowest BCUT2D eigenvalue weighted by atomic mass is 10.1. The number of aliphatic hydroxyl groups excluding tert-OH is 1. The molecule has 12 heavy (non-hydrogen) atoms. The van der Waals surface area contributed by atoms with E-state index in [1.54, 1.807) is 24.3 Å². The highest BCUT2D eigenvalue weighted by Gasteiger charge is 2.04. The third kappa shape index (κ3) is 2.80. The van der Waals surface area contributed by atoms with Gasteiger partial charge in [0.1, 0.15) is 6.17 Å². The van der Waals surface area contributed by atoms with Crippen molar-refractivity contribution in [3.63, 3.8) is 0 Å². The zero-order chi connectivity index (χ0) is 8.97. The first-order valence-corrected chi connectivity index (χ1v) is 4.09. The molecule has 0 amide bonds. The molecule has 0 radical (unpaired) electrons. The van der Waals surface area contributed by atoms with Gasteiger partial charge in [-0.05, 0) is 17.7 Å². The summed E-state index contributed by atoms with van der Waals surface area (Å²) in [7, 11) is 0. The van der Waals surface area contributed by atoms with Crippen molar-refractivity contribution in [3.8, 4) is 0 Å². The molecule has 0 aliphatic rings. The van der Waals surface area contributed by atoms with Gasteiger partial charge in [0.2, 0.25) is 0 Å². The second kappa shape index (κ2) is 4.43. The molecule has 0 saturated carbocycles. The first-order chi connectivity index (χ1) is 5.72. The smallest absolute Gasteiger partial charge is 0.127 e. The number of alkyl halides is 1. The fourth-order valence-electron chi connectivity index (χ4n) is 0.941. The van der Waals surface area contributed by atoms with Crippen LogP contribution in [0.4, 0.5) is 4.39 Å². The number of halogens is 2. The Hall–Kier alpha value is -0.600. The van der Waals surface area contributed by atoms with Crippen molar-refractivity contribution in [2.45, 2.75) is 12.6 Å². The Labute approximate surface area is 75.8 Å². The summed E-state index contributed by atoms with van der Waals surface area (Å²) in [4.78, 5) is 0. The quantitative estimate of drug-likeness (QED) is 0.771. The van der Waals surface area contributed by atoms with E-state index >= 15 is 0 Å². The van der Waals surface area contributed by atoms with Crippen molar-refractivity contribution in [2.75, 3.05) is 6.61 Å². The maximum atomic E-state index is 12.6. The summed E-state index contributed by atoms with van der Waals surface area (Å²) in [5, 5.41) is 9.09. The van der Waals surface area contributed by atoms with Crippen LogP contribution in [0.1, 0.15) is 5.56 Å². The molecular formula is C9H10ClFO. The summed E-state index contributed by atoms with van der Waals surface area (Å²) < 4.78 is 12.6. The molecule has 1 aromatic carbocycles. The van der Waals surface area contributed by atoms with Crippen LogP contribution in [-0.2, 0) is 6.42 Å². The van der Waals surface area contributed by atoms with Gasteiger partial charge in [-0.25, -0.2) is 4.39 Å². The third-order valence-electron chi connectivity index (χ3n) is 1.57. The second-order valence-corrected chi connectivity index (χ2v) is 3.05. The number of rotatable bonds is 3. The lowest BCUT2D eigenvalue weighted by Gasteiger charge is -2.03. The highest BCUT2D eigenvalue weighted by atomic mass is 35.5. The van der Waals surface area contributed by atoms with Crippen molar-refractivity contribution in [2.24, 2.45) is 0 Å². The van der Waals surface area contributed by atoms with E-state index in [4.69, 9.17) is 16.7 Å². The van der Waals surface area contributed by atoms with Crippen molar-refractivity contribution < 1.29 is 9.50 Å². The Balaban J connectivity index is 2.58. The van der Waals surface area contributed by atoms with Crippen LogP contribution in [0, 0.1) is 0 Å². The highest BCUT2D eigenvalue weighted by molar-refractivity contribution is 6.30. The molecule has 0 spiro atoms. The molecule has 1 aromatic rings. The summed E-state index contributed by atoms with van der Waals surface area (Å²) >= 11 is 5.64. The fraction of sp³-hybridized carbons (Fsp3) is 0.333. The van der Waals surface area contributed by atoms with Gasteiger partial charge in [0.25, 0.3) is 0 Å². The van der Waals surface area contributed by atoms with Crippen LogP contribution in [0.15, 0.2) is 24.3 Å². The van der Waals surface area contributed by atoms with E-state index < -0.39 is 12.8 Å². The van der Waals surface area contributed by atoms with E-state index in [2.05, 4.69) is 0 Å². The monoisotopic (exact) mass is 188 g/mol. The SMILES string of the molecule is OCC(F)Cc1ccc(Cl)cc1. The molecule has 0 fully saturated rings. The van der Waals surface area contributed by atoms with Gasteiger partial charge < -0.3 is 5.11 Å². The van der Waals surface area contributed by atoms with E-state index in [9.17, 15) is 4.39 Å². The third-order valence-corrected chi connectivity index (χ3v) is 1.82. The fourth-order valence-corrected chi connectivity index (χ4v) is 1.07. The maximum absolute atomic E-state index is 12.6. The molecule has 0 aliphatic carbocycles. The zero-order valence-electron chi connectivity index (χ0n) is 6.50. The van der Waals surface area contributed by atoms with Crippen LogP contribution < -0.4 is 0 Å². The first kappa shape index (κ1) is 9.49. The molecule has 0 saturated heterocycles. The van der Waals surface area contributed by atoms with E-state index in [1.165, 1.54) is 0 Å². The molecule has 0 aliphatic heterocycles. The maximum Gasteiger partial charge on any atom is 0.127 e. The molecule has 1 N–H and O–H groups in total. The van der Waals surface area contributed by atoms with Gasteiger partial charge in [0, 0.05) is 11.4 Å². The average molecular weight is 189 g/mol. The van der Waals surface area contributed by atoms with Gasteiger partial charge in [-0.3, -0.25) is 0 Å². The average Bonchev–Trinajstić information content (AvgIpc) is 2.09. The Morgan fingerprint density at radius 2 is 1.92 bits per heavy atom. The molecule has 0 bridgehead atoms. The van der Waals surface area contributed by atoms with Crippen molar-refractivity contribution in [1.82, 2.24) is 0 Å². The van der Waals surface area contributed by atoms with Crippen LogP contribution >= 0.6 is 11.6 Å². The molecule has 1 rings (SSSR count). The number of aliphatic hydroxyl groups is 1. The van der Waals surface area contributed by atoms with Crippen LogP contribution in [-0.4, -0.2) is 17.9 Å². The highest BCUT2D eigenvalue weighted by Crippen LogP contribution is 2.11. The number of hydrogen-bond donors (Lipinski definition) is 1. The Kier molecular flexibility index (Phi) is 3.50. The predicted octanol–water partition coefficient (Wildman–Crippen LogP) is 2.21. The zero-order valence-corrected chi connectivity index (χ0v) is 7.26. The molecule has 3 heteroatoms. The standard InChI is InChI=1S/C9H10ClFO/c10-8-3-1-7(2-4-8)5-9(11)6-12/h1-4,9,12H,5-6H2. The Bertz CT molecular complexity index is 235. The van der Waals surface area contributed by atoms with E-state index in [0.29, 0.717) is 5.02 Å². The number of benzene rings is 1. The van der Waals surface area contributed by atoms with E-state index in [-0.39, 0.29) is 6.42 Å². The topological polar surface area (TPSA) is 20.2 Å². The summed E-state index contributed by atoms with van der Waals surface area (Å²) in [6.45, 7) is -0.428. The lowest BCUT2D eigenvalue weighted by molar-refractivity contribution is 0.177. The summed E-state index contributed by atoms with van der Waals surface area (Å²) in [5.41, 5.74) is 0.848. The van der Waals surface area contributed by atoms with Crippen molar-refractivity contribution in [1.29, 1.82) is 0 Å². The number of hydrogen-bond acceptors (Lipinski definition) is 1. The van der Waals surface area contributed by atoms with Crippen LogP contribution in [0.5, 0.6) is 0 Å². The first-order valence-electron chi connectivity index (χ1n) is 3.71. The van der Waals surface area contributed by atoms with Gasteiger partial charge in [0.15, 0.2) is 0 Å². The minimum absolute atomic E-state index is 0.244. The second-order valence-electron chi connectivity index (χ2n) is 2.61. The largest absolute Gasteiger partial charge is 0.393 e. The van der Waals surface area contributed by atoms with Gasteiger partial charge in [0.05, 0.1) is 6.61 Å². The molecule has 66 valence electrons. The Morgan fingerprint density at radius 3 is 2.42 bits per heavy atom. The molecule has 0 aromatic heterocycles. The summed E-state index contributed by atoms with van der Waals surface area (Å²) in [6.07, 6.45) is -0.931. The molecular weight excluding hydrogens is 179 g/mol. The van der Waals surface area contributed by atoms with Gasteiger partial charge in [-0.2, -0.15) is 0 Å². The minimum atomic E-state index is -1.17. The predicted molar refractivity (Wildman–Crippen MR) is 47.1 cm³/mol.